The van der Waals surface area contributed by atoms with E-state index in [-0.39, 0.29) is 5.66 Å². The molecule has 94 valence electrons. The fourth-order valence-corrected chi connectivity index (χ4v) is 2.95. The third-order valence-corrected chi connectivity index (χ3v) is 4.00. The lowest BCUT2D eigenvalue weighted by Crippen LogP contribution is -2.47. The van der Waals surface area contributed by atoms with Gasteiger partial charge in [0.2, 0.25) is 0 Å². The van der Waals surface area contributed by atoms with E-state index in [9.17, 15) is 4.79 Å². The molecule has 0 saturated carbocycles. The first-order chi connectivity index (χ1) is 8.74. The van der Waals surface area contributed by atoms with Gasteiger partial charge in [-0.1, -0.05) is 18.2 Å². The summed E-state index contributed by atoms with van der Waals surface area (Å²) in [6.45, 7) is 3.26. The number of fused-ring (bicyclic) bond motifs is 1. The molecule has 1 aromatic carbocycles. The van der Waals surface area contributed by atoms with E-state index in [0.29, 0.717) is 0 Å². The molecule has 1 aliphatic heterocycles. The van der Waals surface area contributed by atoms with Crippen molar-refractivity contribution in [3.8, 4) is 0 Å². The van der Waals surface area contributed by atoms with Crippen molar-refractivity contribution >= 4 is 17.2 Å². The number of hydrogen-bond acceptors (Lipinski definition) is 2. The number of carbonyl (C=O) groups is 1. The van der Waals surface area contributed by atoms with Crippen molar-refractivity contribution < 1.29 is 4.79 Å². The standard InChI is InChI=1S/C15H18N2O/c1-15(8-4-5-9-16-15)17-10-12(11-18)13-6-2-3-7-14(13)17/h2-3,6-7,10-11,16H,4-5,8-9H2,1H3/t15-/m1/s1. The van der Waals surface area contributed by atoms with Gasteiger partial charge >= 0.3 is 0 Å². The van der Waals surface area contributed by atoms with E-state index >= 15 is 0 Å². The number of aldehydes is 1. The van der Waals surface area contributed by atoms with E-state index < -0.39 is 0 Å². The predicted octanol–water partition coefficient (Wildman–Crippen LogP) is 2.90. The molecule has 3 rings (SSSR count). The maximum Gasteiger partial charge on any atom is 0.152 e. The number of para-hydroxylation sites is 1. The minimum atomic E-state index is -0.0703. The summed E-state index contributed by atoms with van der Waals surface area (Å²) >= 11 is 0. The number of nitrogens with one attached hydrogen (secondary N) is 1. The molecule has 3 nitrogen and oxygen atoms in total. The van der Waals surface area contributed by atoms with Crippen LogP contribution >= 0.6 is 0 Å². The SMILES string of the molecule is C[C@@]1(n2cc(C=O)c3ccccc32)CCCCN1. The van der Waals surface area contributed by atoms with Crippen molar-refractivity contribution in [3.05, 3.63) is 36.0 Å². The molecule has 1 fully saturated rings. The highest BCUT2D eigenvalue weighted by Crippen LogP contribution is 2.30. The van der Waals surface area contributed by atoms with Gasteiger partial charge < -0.3 is 4.57 Å². The number of rotatable bonds is 2. The van der Waals surface area contributed by atoms with E-state index in [4.69, 9.17) is 0 Å². The fourth-order valence-electron chi connectivity index (χ4n) is 2.95. The molecule has 2 heterocycles. The highest BCUT2D eigenvalue weighted by Gasteiger charge is 2.29. The van der Waals surface area contributed by atoms with Crippen LogP contribution in [0.5, 0.6) is 0 Å². The van der Waals surface area contributed by atoms with Gasteiger partial charge in [0.1, 0.15) is 0 Å². The zero-order valence-electron chi connectivity index (χ0n) is 10.6. The van der Waals surface area contributed by atoms with Crippen molar-refractivity contribution in [2.75, 3.05) is 6.54 Å². The Kier molecular flexibility index (Phi) is 2.71. The molecule has 18 heavy (non-hydrogen) atoms. The molecule has 0 aliphatic carbocycles. The maximum absolute atomic E-state index is 11.2. The predicted molar refractivity (Wildman–Crippen MR) is 72.8 cm³/mol. The van der Waals surface area contributed by atoms with Gasteiger partial charge in [-0.25, -0.2) is 0 Å². The molecule has 3 heteroatoms. The summed E-state index contributed by atoms with van der Waals surface area (Å²) in [6, 6.07) is 8.11. The molecular formula is C15H18N2O. The lowest BCUT2D eigenvalue weighted by Gasteiger charge is -2.37. The summed E-state index contributed by atoms with van der Waals surface area (Å²) in [7, 11) is 0. The van der Waals surface area contributed by atoms with E-state index in [0.717, 1.165) is 35.7 Å². The van der Waals surface area contributed by atoms with Crippen LogP contribution < -0.4 is 5.32 Å². The molecule has 1 aliphatic rings. The fraction of sp³-hybridized carbons (Fsp3) is 0.400. The normalized spacial score (nSPS) is 24.3. The van der Waals surface area contributed by atoms with E-state index in [2.05, 4.69) is 22.9 Å². The quantitative estimate of drug-likeness (QED) is 0.822. The highest BCUT2D eigenvalue weighted by molar-refractivity contribution is 5.97. The molecule has 0 bridgehead atoms. The molecule has 2 aromatic rings. The Balaban J connectivity index is 2.19. The smallest absolute Gasteiger partial charge is 0.152 e. The summed E-state index contributed by atoms with van der Waals surface area (Å²) in [5, 5.41) is 4.63. The van der Waals surface area contributed by atoms with Crippen molar-refractivity contribution in [1.82, 2.24) is 9.88 Å². The highest BCUT2D eigenvalue weighted by atomic mass is 16.1. The van der Waals surface area contributed by atoms with Gasteiger partial charge in [0.15, 0.2) is 6.29 Å². The van der Waals surface area contributed by atoms with Gasteiger partial charge in [-0.3, -0.25) is 10.1 Å². The van der Waals surface area contributed by atoms with Crippen LogP contribution in [0.15, 0.2) is 30.5 Å². The maximum atomic E-state index is 11.2. The number of nitrogens with zero attached hydrogens (tertiary/aromatic N) is 1. The average Bonchev–Trinajstić information content (AvgIpc) is 2.79. The lowest BCUT2D eigenvalue weighted by atomic mass is 9.99. The first-order valence-electron chi connectivity index (χ1n) is 6.55. The second kappa shape index (κ2) is 4.25. The zero-order chi connectivity index (χ0) is 12.6. The molecule has 0 unspecified atom stereocenters. The molecule has 1 N–H and O–H groups in total. The number of benzene rings is 1. The molecular weight excluding hydrogens is 224 g/mol. The Morgan fingerprint density at radius 3 is 2.89 bits per heavy atom. The Bertz CT molecular complexity index is 579. The van der Waals surface area contributed by atoms with Crippen LogP contribution in [0.4, 0.5) is 0 Å². The van der Waals surface area contributed by atoms with Crippen LogP contribution in [0.3, 0.4) is 0 Å². The van der Waals surface area contributed by atoms with Crippen LogP contribution in [0.2, 0.25) is 0 Å². The molecule has 0 spiro atoms. The van der Waals surface area contributed by atoms with Crippen LogP contribution in [-0.4, -0.2) is 17.4 Å². The summed E-state index contributed by atoms with van der Waals surface area (Å²) in [5.41, 5.74) is 1.84. The van der Waals surface area contributed by atoms with Gasteiger partial charge in [0.25, 0.3) is 0 Å². The minimum absolute atomic E-state index is 0.0703. The van der Waals surface area contributed by atoms with Crippen LogP contribution in [-0.2, 0) is 5.66 Å². The van der Waals surface area contributed by atoms with Gasteiger partial charge in [0.05, 0.1) is 11.2 Å². The van der Waals surface area contributed by atoms with E-state index in [1.165, 1.54) is 12.8 Å². The number of carbonyl (C=O) groups excluding carboxylic acids is 1. The molecule has 1 atom stereocenters. The molecule has 0 radical (unpaired) electrons. The van der Waals surface area contributed by atoms with Gasteiger partial charge in [-0.2, -0.15) is 0 Å². The topological polar surface area (TPSA) is 34.0 Å². The number of aromatic nitrogens is 1. The minimum Gasteiger partial charge on any atom is -0.328 e. The van der Waals surface area contributed by atoms with Crippen molar-refractivity contribution in [2.45, 2.75) is 31.8 Å². The van der Waals surface area contributed by atoms with Crippen molar-refractivity contribution in [2.24, 2.45) is 0 Å². The van der Waals surface area contributed by atoms with Crippen LogP contribution in [0.1, 0.15) is 36.5 Å². The van der Waals surface area contributed by atoms with Gasteiger partial charge in [-0.05, 0) is 38.8 Å². The second-order valence-corrected chi connectivity index (χ2v) is 5.25. The number of hydrogen-bond donors (Lipinski definition) is 1. The Morgan fingerprint density at radius 2 is 2.17 bits per heavy atom. The Labute approximate surface area is 107 Å². The summed E-state index contributed by atoms with van der Waals surface area (Å²) in [6.07, 6.45) is 6.49. The average molecular weight is 242 g/mol. The summed E-state index contributed by atoms with van der Waals surface area (Å²) < 4.78 is 2.23. The third kappa shape index (κ3) is 1.66. The van der Waals surface area contributed by atoms with Crippen molar-refractivity contribution in [3.63, 3.8) is 0 Å². The van der Waals surface area contributed by atoms with Gasteiger partial charge in [0, 0.05) is 17.1 Å². The first kappa shape index (κ1) is 11.5. The molecule has 0 amide bonds. The van der Waals surface area contributed by atoms with Crippen molar-refractivity contribution in [1.29, 1.82) is 0 Å². The summed E-state index contributed by atoms with van der Waals surface area (Å²) in [4.78, 5) is 11.2. The first-order valence-corrected chi connectivity index (χ1v) is 6.55. The lowest BCUT2D eigenvalue weighted by molar-refractivity contribution is 0.112. The second-order valence-electron chi connectivity index (χ2n) is 5.25. The van der Waals surface area contributed by atoms with E-state index in [1.807, 2.05) is 24.4 Å². The van der Waals surface area contributed by atoms with E-state index in [1.54, 1.807) is 0 Å². The number of piperidine rings is 1. The Hall–Kier alpha value is -1.61. The molecule has 1 aromatic heterocycles. The monoisotopic (exact) mass is 242 g/mol. The Morgan fingerprint density at radius 1 is 1.33 bits per heavy atom. The van der Waals surface area contributed by atoms with Crippen LogP contribution in [0.25, 0.3) is 10.9 Å². The van der Waals surface area contributed by atoms with Crippen LogP contribution in [0, 0.1) is 0 Å². The summed E-state index contributed by atoms with van der Waals surface area (Å²) in [5.74, 6) is 0. The molecule has 1 saturated heterocycles. The van der Waals surface area contributed by atoms with Gasteiger partial charge in [-0.15, -0.1) is 0 Å². The zero-order valence-corrected chi connectivity index (χ0v) is 10.6. The third-order valence-electron chi connectivity index (χ3n) is 4.00. The largest absolute Gasteiger partial charge is 0.328 e.